The van der Waals surface area contributed by atoms with Crippen molar-refractivity contribution in [1.29, 1.82) is 0 Å². The van der Waals surface area contributed by atoms with Crippen molar-refractivity contribution in [1.82, 2.24) is 0 Å². The Bertz CT molecular complexity index is 176. The van der Waals surface area contributed by atoms with Crippen LogP contribution in [0, 0.1) is 17.3 Å². The maximum Gasteiger partial charge on any atom is 0.136 e. The van der Waals surface area contributed by atoms with E-state index in [-0.39, 0.29) is 5.41 Å². The van der Waals surface area contributed by atoms with Crippen molar-refractivity contribution in [2.75, 3.05) is 0 Å². The van der Waals surface area contributed by atoms with Crippen LogP contribution >= 0.6 is 0 Å². The highest BCUT2D eigenvalue weighted by atomic mass is 16.1. The van der Waals surface area contributed by atoms with Gasteiger partial charge in [0.1, 0.15) is 5.78 Å². The Morgan fingerprint density at radius 1 is 1.42 bits per heavy atom. The molecule has 1 aliphatic rings. The third-order valence-electron chi connectivity index (χ3n) is 3.04. The largest absolute Gasteiger partial charge is 0.299 e. The van der Waals surface area contributed by atoms with E-state index in [1.54, 1.807) is 0 Å². The van der Waals surface area contributed by atoms with E-state index in [9.17, 15) is 4.79 Å². The molecule has 0 bridgehead atoms. The van der Waals surface area contributed by atoms with Crippen LogP contribution in [0.4, 0.5) is 0 Å². The van der Waals surface area contributed by atoms with Crippen molar-refractivity contribution in [2.24, 2.45) is 17.3 Å². The molecule has 0 aromatic rings. The van der Waals surface area contributed by atoms with E-state index in [2.05, 4.69) is 27.7 Å². The molecule has 0 aromatic carbocycles. The fourth-order valence-electron chi connectivity index (χ4n) is 2.54. The highest BCUT2D eigenvalue weighted by Gasteiger charge is 2.40. The van der Waals surface area contributed by atoms with Gasteiger partial charge in [0.25, 0.3) is 0 Å². The molecule has 1 fully saturated rings. The van der Waals surface area contributed by atoms with E-state index in [0.717, 1.165) is 19.3 Å². The number of hydrogen-bond donors (Lipinski definition) is 0. The van der Waals surface area contributed by atoms with Crippen LogP contribution in [0.2, 0.25) is 0 Å². The molecule has 2 atom stereocenters. The van der Waals surface area contributed by atoms with Gasteiger partial charge in [0.15, 0.2) is 0 Å². The van der Waals surface area contributed by atoms with Crippen LogP contribution in [-0.4, -0.2) is 5.78 Å². The van der Waals surface area contributed by atoms with Crippen LogP contribution in [-0.2, 0) is 4.79 Å². The molecular formula is C11H20O. The van der Waals surface area contributed by atoms with Crippen molar-refractivity contribution in [3.05, 3.63) is 0 Å². The lowest BCUT2D eigenvalue weighted by Crippen LogP contribution is -2.29. The average molecular weight is 168 g/mol. The van der Waals surface area contributed by atoms with Gasteiger partial charge in [0.2, 0.25) is 0 Å². The SMILES string of the molecule is CCC1CCC(=O)C1C(C)(C)C. The summed E-state index contributed by atoms with van der Waals surface area (Å²) < 4.78 is 0. The second-order valence-electron chi connectivity index (χ2n) is 5.02. The molecule has 0 N–H and O–H groups in total. The van der Waals surface area contributed by atoms with Crippen molar-refractivity contribution in [3.63, 3.8) is 0 Å². The summed E-state index contributed by atoms with van der Waals surface area (Å²) in [6, 6.07) is 0. The van der Waals surface area contributed by atoms with Gasteiger partial charge in [-0.25, -0.2) is 0 Å². The van der Waals surface area contributed by atoms with E-state index in [1.165, 1.54) is 0 Å². The number of Topliss-reactive ketones (excluding diaryl/α,β-unsaturated/α-hetero) is 1. The Hall–Kier alpha value is -0.330. The average Bonchev–Trinajstić information content (AvgIpc) is 2.29. The number of rotatable bonds is 1. The van der Waals surface area contributed by atoms with Crippen molar-refractivity contribution >= 4 is 5.78 Å². The Labute approximate surface area is 75.5 Å². The van der Waals surface area contributed by atoms with Crippen molar-refractivity contribution in [3.8, 4) is 0 Å². The molecule has 1 nitrogen and oxygen atoms in total. The van der Waals surface area contributed by atoms with Crippen LogP contribution in [0.1, 0.15) is 47.0 Å². The smallest absolute Gasteiger partial charge is 0.136 e. The third kappa shape index (κ3) is 1.70. The molecule has 0 spiro atoms. The highest BCUT2D eigenvalue weighted by molar-refractivity contribution is 5.84. The summed E-state index contributed by atoms with van der Waals surface area (Å²) in [5, 5.41) is 0. The van der Waals surface area contributed by atoms with Crippen LogP contribution in [0.5, 0.6) is 0 Å². The van der Waals surface area contributed by atoms with E-state index in [1.807, 2.05) is 0 Å². The Balaban J connectivity index is 2.77. The van der Waals surface area contributed by atoms with Gasteiger partial charge in [-0.2, -0.15) is 0 Å². The quantitative estimate of drug-likeness (QED) is 0.588. The predicted octanol–water partition coefficient (Wildman–Crippen LogP) is 3.04. The second kappa shape index (κ2) is 3.20. The topological polar surface area (TPSA) is 17.1 Å². The lowest BCUT2D eigenvalue weighted by atomic mass is 9.73. The Morgan fingerprint density at radius 3 is 2.33 bits per heavy atom. The molecule has 1 heteroatoms. The Morgan fingerprint density at radius 2 is 2.00 bits per heavy atom. The summed E-state index contributed by atoms with van der Waals surface area (Å²) >= 11 is 0. The number of carbonyl (C=O) groups excluding carboxylic acids is 1. The van der Waals surface area contributed by atoms with Crippen LogP contribution in [0.3, 0.4) is 0 Å². The predicted molar refractivity (Wildman–Crippen MR) is 51.0 cm³/mol. The molecule has 2 unspecified atom stereocenters. The molecule has 1 rings (SSSR count). The van der Waals surface area contributed by atoms with Gasteiger partial charge in [-0.3, -0.25) is 4.79 Å². The molecule has 12 heavy (non-hydrogen) atoms. The Kier molecular flexibility index (Phi) is 2.60. The minimum absolute atomic E-state index is 0.175. The normalized spacial score (nSPS) is 31.2. The van der Waals surface area contributed by atoms with Crippen LogP contribution in [0.25, 0.3) is 0 Å². The van der Waals surface area contributed by atoms with Gasteiger partial charge >= 0.3 is 0 Å². The molecule has 0 amide bonds. The summed E-state index contributed by atoms with van der Waals surface area (Å²) in [5.74, 6) is 1.47. The fourth-order valence-corrected chi connectivity index (χ4v) is 2.54. The first-order valence-electron chi connectivity index (χ1n) is 4.99. The minimum atomic E-state index is 0.175. The van der Waals surface area contributed by atoms with Gasteiger partial charge in [-0.15, -0.1) is 0 Å². The zero-order chi connectivity index (χ0) is 9.35. The highest BCUT2D eigenvalue weighted by Crippen LogP contribution is 2.42. The lowest BCUT2D eigenvalue weighted by molar-refractivity contribution is -0.124. The van der Waals surface area contributed by atoms with E-state index >= 15 is 0 Å². The maximum absolute atomic E-state index is 11.6. The number of hydrogen-bond acceptors (Lipinski definition) is 1. The number of carbonyl (C=O) groups is 1. The molecule has 0 radical (unpaired) electrons. The molecule has 1 saturated carbocycles. The molecule has 70 valence electrons. The number of ketones is 1. The first-order valence-corrected chi connectivity index (χ1v) is 4.99. The van der Waals surface area contributed by atoms with E-state index in [4.69, 9.17) is 0 Å². The molecule has 0 aromatic heterocycles. The fraction of sp³-hybridized carbons (Fsp3) is 0.909. The zero-order valence-electron chi connectivity index (χ0n) is 8.68. The summed E-state index contributed by atoms with van der Waals surface area (Å²) in [6.45, 7) is 8.75. The van der Waals surface area contributed by atoms with E-state index < -0.39 is 0 Å². The minimum Gasteiger partial charge on any atom is -0.299 e. The van der Waals surface area contributed by atoms with E-state index in [0.29, 0.717) is 17.6 Å². The summed E-state index contributed by atoms with van der Waals surface area (Å²) in [6.07, 6.45) is 3.10. The van der Waals surface area contributed by atoms with Gasteiger partial charge in [-0.1, -0.05) is 34.1 Å². The van der Waals surface area contributed by atoms with Gasteiger partial charge in [-0.05, 0) is 17.8 Å². The molecule has 0 aliphatic heterocycles. The van der Waals surface area contributed by atoms with Gasteiger partial charge < -0.3 is 0 Å². The monoisotopic (exact) mass is 168 g/mol. The molecule has 0 saturated heterocycles. The van der Waals surface area contributed by atoms with Gasteiger partial charge in [0, 0.05) is 12.3 Å². The lowest BCUT2D eigenvalue weighted by Gasteiger charge is -2.30. The maximum atomic E-state index is 11.6. The molecule has 1 aliphatic carbocycles. The second-order valence-corrected chi connectivity index (χ2v) is 5.02. The standard InChI is InChI=1S/C11H20O/c1-5-8-6-7-9(12)10(8)11(2,3)4/h8,10H,5-7H2,1-4H3. The molecular weight excluding hydrogens is 148 g/mol. The first kappa shape index (κ1) is 9.76. The third-order valence-corrected chi connectivity index (χ3v) is 3.04. The first-order chi connectivity index (χ1) is 5.46. The van der Waals surface area contributed by atoms with Crippen molar-refractivity contribution in [2.45, 2.75) is 47.0 Å². The van der Waals surface area contributed by atoms with Crippen molar-refractivity contribution < 1.29 is 4.79 Å². The van der Waals surface area contributed by atoms with Gasteiger partial charge in [0.05, 0.1) is 0 Å². The summed E-state index contributed by atoms with van der Waals surface area (Å²) in [4.78, 5) is 11.6. The van der Waals surface area contributed by atoms with Crippen LogP contribution in [0.15, 0.2) is 0 Å². The zero-order valence-corrected chi connectivity index (χ0v) is 8.68. The summed E-state index contributed by atoms with van der Waals surface area (Å²) in [7, 11) is 0. The molecule has 0 heterocycles. The summed E-state index contributed by atoms with van der Waals surface area (Å²) in [5.41, 5.74) is 0.175. The van der Waals surface area contributed by atoms with Crippen LogP contribution < -0.4 is 0 Å².